The predicted molar refractivity (Wildman–Crippen MR) is 70.1 cm³/mol. The molecule has 0 radical (unpaired) electrons. The van der Waals surface area contributed by atoms with Crippen molar-refractivity contribution in [1.29, 1.82) is 0 Å². The van der Waals surface area contributed by atoms with Gasteiger partial charge >= 0.3 is 6.16 Å². The summed E-state index contributed by atoms with van der Waals surface area (Å²) in [5.41, 5.74) is -0.341. The van der Waals surface area contributed by atoms with Gasteiger partial charge < -0.3 is 14.6 Å². The van der Waals surface area contributed by atoms with Crippen LogP contribution in [0.1, 0.15) is 26.7 Å². The normalized spacial score (nSPS) is 26.7. The molecule has 0 aromatic carbocycles. The maximum absolute atomic E-state index is 11.9. The number of hydrogen-bond acceptors (Lipinski definition) is 6. The SMILES string of the molecule is CC(C)C1NC2(CCN(SOC(=O)O)CC2)NC1=O. The summed E-state index contributed by atoms with van der Waals surface area (Å²) in [4.78, 5) is 22.2. The molecule has 2 rings (SSSR count). The third kappa shape index (κ3) is 3.31. The van der Waals surface area contributed by atoms with Crippen molar-refractivity contribution in [3.63, 3.8) is 0 Å². The lowest BCUT2D eigenvalue weighted by Gasteiger charge is -2.38. The summed E-state index contributed by atoms with van der Waals surface area (Å²) < 4.78 is 6.31. The Morgan fingerprint density at radius 3 is 2.63 bits per heavy atom. The van der Waals surface area contributed by atoms with E-state index in [1.807, 2.05) is 18.2 Å². The van der Waals surface area contributed by atoms with Gasteiger partial charge in [-0.15, -0.1) is 0 Å². The molecule has 2 heterocycles. The largest absolute Gasteiger partial charge is 0.519 e. The molecule has 19 heavy (non-hydrogen) atoms. The Balaban J connectivity index is 1.86. The Kier molecular flexibility index (Phi) is 4.22. The fraction of sp³-hybridized carbons (Fsp3) is 0.818. The molecule has 1 atom stereocenters. The summed E-state index contributed by atoms with van der Waals surface area (Å²) in [5, 5.41) is 14.9. The number of nitrogens with zero attached hydrogens (tertiary/aromatic N) is 1. The quantitative estimate of drug-likeness (QED) is 0.522. The highest BCUT2D eigenvalue weighted by atomic mass is 32.2. The van der Waals surface area contributed by atoms with E-state index >= 15 is 0 Å². The molecule has 0 aromatic rings. The van der Waals surface area contributed by atoms with E-state index in [9.17, 15) is 9.59 Å². The summed E-state index contributed by atoms with van der Waals surface area (Å²) in [6, 6.07) is -0.144. The van der Waals surface area contributed by atoms with Gasteiger partial charge in [0.15, 0.2) is 12.2 Å². The van der Waals surface area contributed by atoms with Gasteiger partial charge in [0.05, 0.1) is 11.7 Å². The number of amides is 1. The van der Waals surface area contributed by atoms with Crippen LogP contribution in [0.4, 0.5) is 4.79 Å². The zero-order chi connectivity index (χ0) is 14.0. The molecule has 108 valence electrons. The van der Waals surface area contributed by atoms with Gasteiger partial charge in [-0.25, -0.2) is 9.10 Å². The summed E-state index contributed by atoms with van der Waals surface area (Å²) in [5.74, 6) is 0.306. The molecular formula is C11H19N3O4S. The summed E-state index contributed by atoms with van der Waals surface area (Å²) in [6.07, 6.45) is 0.174. The maximum atomic E-state index is 11.9. The average molecular weight is 289 g/mol. The molecule has 1 amide bonds. The molecule has 7 nitrogen and oxygen atoms in total. The predicted octanol–water partition coefficient (Wildman–Crippen LogP) is 0.780. The van der Waals surface area contributed by atoms with E-state index in [0.717, 1.165) is 25.1 Å². The van der Waals surface area contributed by atoms with Crippen molar-refractivity contribution in [3.05, 3.63) is 0 Å². The highest BCUT2D eigenvalue weighted by Crippen LogP contribution is 2.29. The molecule has 0 bridgehead atoms. The van der Waals surface area contributed by atoms with E-state index in [1.165, 1.54) is 0 Å². The lowest BCUT2D eigenvalue weighted by atomic mass is 9.98. The Labute approximate surface area is 116 Å². The number of carbonyl (C=O) groups excluding carboxylic acids is 1. The summed E-state index contributed by atoms with van der Waals surface area (Å²) in [7, 11) is 0. The van der Waals surface area contributed by atoms with Crippen LogP contribution in [-0.2, 0) is 8.98 Å². The second-order valence-corrected chi connectivity index (χ2v) is 6.12. The van der Waals surface area contributed by atoms with E-state index in [4.69, 9.17) is 5.11 Å². The molecule has 2 aliphatic heterocycles. The number of carbonyl (C=O) groups is 2. The zero-order valence-corrected chi connectivity index (χ0v) is 11.8. The third-order valence-electron chi connectivity index (χ3n) is 3.53. The first-order chi connectivity index (χ1) is 8.92. The Morgan fingerprint density at radius 2 is 2.16 bits per heavy atom. The van der Waals surface area contributed by atoms with Crippen LogP contribution in [0.15, 0.2) is 0 Å². The van der Waals surface area contributed by atoms with Crippen molar-refractivity contribution >= 4 is 24.3 Å². The van der Waals surface area contributed by atoms with Crippen LogP contribution in [0.3, 0.4) is 0 Å². The second-order valence-electron chi connectivity index (χ2n) is 5.29. The number of nitrogens with one attached hydrogen (secondary N) is 2. The van der Waals surface area contributed by atoms with Crippen LogP contribution in [0.5, 0.6) is 0 Å². The summed E-state index contributed by atoms with van der Waals surface area (Å²) >= 11 is 0.849. The molecule has 1 unspecified atom stereocenters. The van der Waals surface area contributed by atoms with Crippen molar-refractivity contribution in [1.82, 2.24) is 14.9 Å². The van der Waals surface area contributed by atoms with Crippen LogP contribution < -0.4 is 10.6 Å². The van der Waals surface area contributed by atoms with Gasteiger partial charge in [0.2, 0.25) is 5.91 Å². The Bertz CT molecular complexity index is 369. The molecule has 8 heteroatoms. The fourth-order valence-corrected chi connectivity index (χ4v) is 2.98. The van der Waals surface area contributed by atoms with Gasteiger partial charge in [-0.1, -0.05) is 13.8 Å². The smallest absolute Gasteiger partial charge is 0.449 e. The Hall–Kier alpha value is -0.990. The minimum absolute atomic E-state index is 0.0536. The molecule has 3 N–H and O–H groups in total. The lowest BCUT2D eigenvalue weighted by molar-refractivity contribution is -0.121. The van der Waals surface area contributed by atoms with Crippen LogP contribution in [0.25, 0.3) is 0 Å². The standard InChI is InChI=1S/C11H19N3O4S/c1-7(2)8-9(15)13-11(12-8)3-5-14(6-4-11)19-18-10(16)17/h7-8,12H,3-6H2,1-2H3,(H,13,15)(H,16,17). The average Bonchev–Trinajstić information content (AvgIpc) is 2.66. The highest BCUT2D eigenvalue weighted by molar-refractivity contribution is 7.92. The van der Waals surface area contributed by atoms with Gasteiger partial charge in [-0.05, 0) is 18.8 Å². The lowest BCUT2D eigenvalue weighted by Crippen LogP contribution is -2.56. The van der Waals surface area contributed by atoms with Crippen molar-refractivity contribution in [2.45, 2.75) is 38.4 Å². The molecule has 1 spiro atoms. The fourth-order valence-electron chi connectivity index (χ4n) is 2.48. The van der Waals surface area contributed by atoms with E-state index in [2.05, 4.69) is 14.8 Å². The van der Waals surface area contributed by atoms with Gasteiger partial charge in [0.1, 0.15) is 0 Å². The van der Waals surface area contributed by atoms with Gasteiger partial charge in [-0.2, -0.15) is 0 Å². The van der Waals surface area contributed by atoms with E-state index < -0.39 is 6.16 Å². The zero-order valence-electron chi connectivity index (χ0n) is 11.0. The van der Waals surface area contributed by atoms with Crippen molar-refractivity contribution in [2.75, 3.05) is 13.1 Å². The van der Waals surface area contributed by atoms with E-state index in [1.54, 1.807) is 0 Å². The van der Waals surface area contributed by atoms with Gasteiger partial charge in [0, 0.05) is 13.1 Å². The molecule has 2 fully saturated rings. The van der Waals surface area contributed by atoms with Crippen LogP contribution >= 0.6 is 12.2 Å². The molecular weight excluding hydrogens is 270 g/mol. The number of rotatable bonds is 3. The van der Waals surface area contributed by atoms with Crippen molar-refractivity contribution in [2.24, 2.45) is 5.92 Å². The Morgan fingerprint density at radius 1 is 1.53 bits per heavy atom. The van der Waals surface area contributed by atoms with E-state index in [-0.39, 0.29) is 23.5 Å². The molecule has 0 saturated carbocycles. The van der Waals surface area contributed by atoms with Crippen LogP contribution in [0, 0.1) is 5.92 Å². The maximum Gasteiger partial charge on any atom is 0.519 e. The first kappa shape index (κ1) is 14.4. The first-order valence-electron chi connectivity index (χ1n) is 6.34. The number of hydrogen-bond donors (Lipinski definition) is 3. The summed E-state index contributed by atoms with van der Waals surface area (Å²) in [6.45, 7) is 5.36. The van der Waals surface area contributed by atoms with Crippen molar-refractivity contribution < 1.29 is 18.9 Å². The van der Waals surface area contributed by atoms with Gasteiger partial charge in [-0.3, -0.25) is 10.1 Å². The van der Waals surface area contributed by atoms with Crippen LogP contribution in [0.2, 0.25) is 0 Å². The van der Waals surface area contributed by atoms with Crippen molar-refractivity contribution in [3.8, 4) is 0 Å². The third-order valence-corrected chi connectivity index (χ3v) is 4.33. The first-order valence-corrected chi connectivity index (χ1v) is 7.04. The highest BCUT2D eigenvalue weighted by Gasteiger charge is 2.46. The topological polar surface area (TPSA) is 90.9 Å². The van der Waals surface area contributed by atoms with Crippen LogP contribution in [-0.4, -0.2) is 46.3 Å². The van der Waals surface area contributed by atoms with Gasteiger partial charge in [0.25, 0.3) is 0 Å². The number of piperidine rings is 1. The monoisotopic (exact) mass is 289 g/mol. The molecule has 2 saturated heterocycles. The molecule has 0 aliphatic carbocycles. The molecule has 2 aliphatic rings. The van der Waals surface area contributed by atoms with E-state index in [0.29, 0.717) is 13.1 Å². The minimum atomic E-state index is -1.29. The minimum Gasteiger partial charge on any atom is -0.449 e. The molecule has 0 aromatic heterocycles. The second kappa shape index (κ2) is 5.56. The number of carboxylic acid groups (broad SMARTS) is 1.